The van der Waals surface area contributed by atoms with Gasteiger partial charge in [0.1, 0.15) is 5.75 Å². The maximum atomic E-state index is 13.2. The summed E-state index contributed by atoms with van der Waals surface area (Å²) in [6.45, 7) is 3.10. The van der Waals surface area contributed by atoms with Crippen LogP contribution in [-0.2, 0) is 4.79 Å². The highest BCUT2D eigenvalue weighted by Gasteiger charge is 2.46. The lowest BCUT2D eigenvalue weighted by molar-refractivity contribution is -0.126. The lowest BCUT2D eigenvalue weighted by Crippen LogP contribution is -2.35. The Morgan fingerprint density at radius 3 is 2.92 bits per heavy atom. The summed E-state index contributed by atoms with van der Waals surface area (Å²) in [6.07, 6.45) is 8.89. The van der Waals surface area contributed by atoms with Crippen LogP contribution in [0.5, 0.6) is 5.75 Å². The average Bonchev–Trinajstić information content (AvgIpc) is 3.53. The van der Waals surface area contributed by atoms with Crippen molar-refractivity contribution >= 4 is 34.2 Å². The first kappa shape index (κ1) is 22.5. The van der Waals surface area contributed by atoms with Gasteiger partial charge in [-0.1, -0.05) is 6.92 Å². The van der Waals surface area contributed by atoms with Gasteiger partial charge in [0.25, 0.3) is 5.91 Å². The van der Waals surface area contributed by atoms with Crippen molar-refractivity contribution in [1.82, 2.24) is 29.3 Å². The summed E-state index contributed by atoms with van der Waals surface area (Å²) in [7, 11) is 3.45. The molecule has 10 nitrogen and oxygen atoms in total. The molecule has 4 aromatic rings. The minimum absolute atomic E-state index is 0.0928. The highest BCUT2D eigenvalue weighted by atomic mass is 16.5. The molecule has 1 aromatic carbocycles. The summed E-state index contributed by atoms with van der Waals surface area (Å²) in [5.74, 6) is 1.27. The predicted octanol–water partition coefficient (Wildman–Crippen LogP) is 3.55. The van der Waals surface area contributed by atoms with Crippen LogP contribution in [0.2, 0.25) is 0 Å². The molecule has 6 rings (SSSR count). The third-order valence-corrected chi connectivity index (χ3v) is 7.85. The number of nitrogens with zero attached hydrogens (tertiary/aromatic N) is 6. The Balaban J connectivity index is 1.26. The molecule has 2 fully saturated rings. The second kappa shape index (κ2) is 8.32. The number of aromatic nitrogens is 5. The number of carbonyl (C=O) groups excluding carboxylic acids is 2. The fourth-order valence-electron chi connectivity index (χ4n) is 6.15. The summed E-state index contributed by atoms with van der Waals surface area (Å²) in [5, 5.41) is 12.9. The van der Waals surface area contributed by atoms with E-state index in [0.717, 1.165) is 36.7 Å². The molecule has 4 heterocycles. The van der Waals surface area contributed by atoms with E-state index in [9.17, 15) is 9.59 Å². The van der Waals surface area contributed by atoms with Crippen LogP contribution in [0.4, 0.5) is 5.82 Å². The summed E-state index contributed by atoms with van der Waals surface area (Å²) in [6, 6.07) is 7.49. The molecule has 1 N–H and O–H groups in total. The zero-order chi connectivity index (χ0) is 25.0. The highest BCUT2D eigenvalue weighted by molar-refractivity contribution is 6.08. The van der Waals surface area contributed by atoms with Gasteiger partial charge in [0.15, 0.2) is 11.5 Å². The summed E-state index contributed by atoms with van der Waals surface area (Å²) < 4.78 is 9.17. The lowest BCUT2D eigenvalue weighted by atomic mass is 9.67. The molecule has 0 radical (unpaired) electrons. The first-order valence-electron chi connectivity index (χ1n) is 12.3. The Bertz CT molecular complexity index is 1490. The third kappa shape index (κ3) is 3.68. The van der Waals surface area contributed by atoms with Crippen LogP contribution in [0.25, 0.3) is 16.6 Å². The van der Waals surface area contributed by atoms with Crippen molar-refractivity contribution in [3.63, 3.8) is 0 Å². The van der Waals surface area contributed by atoms with Crippen LogP contribution in [0.15, 0.2) is 42.9 Å². The highest BCUT2D eigenvalue weighted by Crippen LogP contribution is 2.49. The van der Waals surface area contributed by atoms with Crippen LogP contribution in [0.1, 0.15) is 49.0 Å². The topological polar surface area (TPSA) is 107 Å². The lowest BCUT2D eigenvalue weighted by Gasteiger charge is -2.40. The van der Waals surface area contributed by atoms with Crippen LogP contribution in [-0.4, -0.2) is 61.8 Å². The number of fused-ring (bicyclic) bond motifs is 2. The number of hydrogen-bond acceptors (Lipinski definition) is 6. The van der Waals surface area contributed by atoms with E-state index in [1.165, 1.54) is 0 Å². The van der Waals surface area contributed by atoms with E-state index in [-0.39, 0.29) is 23.3 Å². The fraction of sp³-hybridized carbons (Fsp3) is 0.423. The molecule has 1 aliphatic heterocycles. The van der Waals surface area contributed by atoms with Crippen LogP contribution in [0.3, 0.4) is 0 Å². The van der Waals surface area contributed by atoms with Crippen LogP contribution < -0.4 is 10.1 Å². The van der Waals surface area contributed by atoms with Crippen molar-refractivity contribution < 1.29 is 14.3 Å². The molecule has 1 spiro atoms. The summed E-state index contributed by atoms with van der Waals surface area (Å²) in [5.41, 5.74) is 1.94. The maximum Gasteiger partial charge on any atom is 0.260 e. The van der Waals surface area contributed by atoms with Gasteiger partial charge in [-0.2, -0.15) is 14.7 Å². The Hall–Kier alpha value is -3.95. The van der Waals surface area contributed by atoms with Crippen LogP contribution >= 0.6 is 0 Å². The molecular formula is C26H29N7O3. The largest absolute Gasteiger partial charge is 0.496 e. The van der Waals surface area contributed by atoms with E-state index in [1.54, 1.807) is 30.1 Å². The van der Waals surface area contributed by atoms with Crippen molar-refractivity contribution in [3.8, 4) is 5.75 Å². The quantitative estimate of drug-likeness (QED) is 0.472. The van der Waals surface area contributed by atoms with Gasteiger partial charge >= 0.3 is 0 Å². The number of amides is 2. The molecular weight excluding hydrogens is 458 g/mol. The Kier molecular flexibility index (Phi) is 5.20. The van der Waals surface area contributed by atoms with Crippen molar-refractivity contribution in [3.05, 3.63) is 48.4 Å². The second-order valence-corrected chi connectivity index (χ2v) is 10.3. The molecule has 36 heavy (non-hydrogen) atoms. The van der Waals surface area contributed by atoms with Gasteiger partial charge in [-0.05, 0) is 48.8 Å². The van der Waals surface area contributed by atoms with Crippen molar-refractivity contribution in [2.45, 2.75) is 38.6 Å². The smallest absolute Gasteiger partial charge is 0.260 e. The minimum Gasteiger partial charge on any atom is -0.496 e. The predicted molar refractivity (Wildman–Crippen MR) is 134 cm³/mol. The molecule has 1 saturated carbocycles. The third-order valence-electron chi connectivity index (χ3n) is 7.85. The molecule has 3 atom stereocenters. The molecule has 1 saturated heterocycles. The number of anilines is 1. The van der Waals surface area contributed by atoms with Crippen LogP contribution in [0, 0.1) is 11.3 Å². The zero-order valence-corrected chi connectivity index (χ0v) is 20.6. The van der Waals surface area contributed by atoms with Gasteiger partial charge in [-0.3, -0.25) is 14.3 Å². The van der Waals surface area contributed by atoms with Crippen molar-refractivity contribution in [1.29, 1.82) is 0 Å². The monoisotopic (exact) mass is 487 g/mol. The number of rotatable bonds is 4. The van der Waals surface area contributed by atoms with E-state index in [1.807, 2.05) is 41.0 Å². The average molecular weight is 488 g/mol. The van der Waals surface area contributed by atoms with Crippen molar-refractivity contribution in [2.24, 2.45) is 11.3 Å². The first-order valence-corrected chi connectivity index (χ1v) is 12.3. The molecule has 2 aliphatic rings. The molecule has 1 unspecified atom stereocenters. The van der Waals surface area contributed by atoms with E-state index in [4.69, 9.17) is 9.84 Å². The number of imidazole rings is 1. The number of nitrogens with one attached hydrogen (secondary N) is 1. The normalized spacial score (nSPS) is 24.2. The van der Waals surface area contributed by atoms with Crippen molar-refractivity contribution in [2.75, 3.05) is 26.0 Å². The standard InChI is InChI=1S/C26H29N7O3/c1-16-11-26(12-24(34)31(2)15-26)7-6-20(16)32-14-17-9-18(21(36-3)10-19(17)30-32)25(35)29-23-13-27-22-5-4-8-28-33(22)23/h4-5,8-10,13-14,16,20H,6-7,11-12,15H2,1-3H3,(H,29,35)/t16-,20-,26?/m1/s1. The zero-order valence-electron chi connectivity index (χ0n) is 20.6. The van der Waals surface area contributed by atoms with E-state index >= 15 is 0 Å². The SMILES string of the molecule is COc1cc2nn([C@@H]3CCC4(CC(=O)N(C)C4)C[C@H]3C)cc2cc1C(=O)Nc1cnc2cccnn12. The first-order chi connectivity index (χ1) is 17.4. The Morgan fingerprint density at radius 1 is 1.31 bits per heavy atom. The van der Waals surface area contributed by atoms with E-state index < -0.39 is 0 Å². The molecule has 0 bridgehead atoms. The number of methoxy groups -OCH3 is 1. The second-order valence-electron chi connectivity index (χ2n) is 10.3. The number of hydrogen-bond donors (Lipinski definition) is 1. The summed E-state index contributed by atoms with van der Waals surface area (Å²) >= 11 is 0. The van der Waals surface area contributed by atoms with Gasteiger partial charge in [0.2, 0.25) is 5.91 Å². The number of benzene rings is 1. The maximum absolute atomic E-state index is 13.2. The van der Waals surface area contributed by atoms with Gasteiger partial charge in [-0.25, -0.2) is 4.98 Å². The molecule has 1 aliphatic carbocycles. The number of likely N-dealkylation sites (tertiary alicyclic amines) is 1. The molecule has 186 valence electrons. The number of ether oxygens (including phenoxy) is 1. The van der Waals surface area contributed by atoms with E-state index in [0.29, 0.717) is 35.1 Å². The minimum atomic E-state index is -0.308. The Labute approximate surface area is 208 Å². The van der Waals surface area contributed by atoms with Gasteiger partial charge in [0, 0.05) is 43.9 Å². The number of carbonyl (C=O) groups is 2. The van der Waals surface area contributed by atoms with E-state index in [2.05, 4.69) is 22.3 Å². The molecule has 10 heteroatoms. The van der Waals surface area contributed by atoms with Gasteiger partial charge in [-0.15, -0.1) is 0 Å². The molecule has 3 aromatic heterocycles. The van der Waals surface area contributed by atoms with Gasteiger partial charge < -0.3 is 15.0 Å². The fourth-order valence-corrected chi connectivity index (χ4v) is 6.15. The Morgan fingerprint density at radius 2 is 2.17 bits per heavy atom. The summed E-state index contributed by atoms with van der Waals surface area (Å²) in [4.78, 5) is 31.6. The van der Waals surface area contributed by atoms with Gasteiger partial charge in [0.05, 0.1) is 30.4 Å². The molecule has 2 amide bonds.